The summed E-state index contributed by atoms with van der Waals surface area (Å²) in [7, 11) is 0. The van der Waals surface area contributed by atoms with E-state index in [0.717, 1.165) is 21.9 Å². The third kappa shape index (κ3) is 4.32. The Kier molecular flexibility index (Phi) is 5.13. The molecule has 0 aliphatic heterocycles. The van der Waals surface area contributed by atoms with Crippen LogP contribution in [0.2, 0.25) is 0 Å². The summed E-state index contributed by atoms with van der Waals surface area (Å²) in [6.45, 7) is 1.88. The standard InChI is InChI=1S/C18H14BrF3N4/c1-11-5-2-3-8-15(11)25-17-23-10-14(18(20,21)22)16(26-17)24-13-7-4-6-12(19)9-13/h2-10H,1H3,(H2,23,24,25,26). The predicted molar refractivity (Wildman–Crippen MR) is 98.9 cm³/mol. The second-order valence-electron chi connectivity index (χ2n) is 5.53. The van der Waals surface area contributed by atoms with Crippen molar-refractivity contribution in [2.24, 2.45) is 0 Å². The Morgan fingerprint density at radius 1 is 1.00 bits per heavy atom. The SMILES string of the molecule is Cc1ccccc1Nc1ncc(C(F)(F)F)c(Nc2cccc(Br)c2)n1. The molecule has 134 valence electrons. The lowest BCUT2D eigenvalue weighted by molar-refractivity contribution is -0.137. The molecule has 0 fully saturated rings. The van der Waals surface area contributed by atoms with E-state index in [-0.39, 0.29) is 11.8 Å². The minimum Gasteiger partial charge on any atom is -0.340 e. The fourth-order valence-electron chi connectivity index (χ4n) is 2.28. The van der Waals surface area contributed by atoms with Gasteiger partial charge in [-0.2, -0.15) is 18.2 Å². The van der Waals surface area contributed by atoms with E-state index in [9.17, 15) is 13.2 Å². The Morgan fingerprint density at radius 3 is 2.46 bits per heavy atom. The third-order valence-electron chi connectivity index (χ3n) is 3.57. The average molecular weight is 423 g/mol. The summed E-state index contributed by atoms with van der Waals surface area (Å²) < 4.78 is 40.6. The summed E-state index contributed by atoms with van der Waals surface area (Å²) in [5.74, 6) is -0.244. The van der Waals surface area contributed by atoms with Crippen molar-refractivity contribution in [3.63, 3.8) is 0 Å². The van der Waals surface area contributed by atoms with Crippen LogP contribution in [0, 0.1) is 6.92 Å². The molecule has 0 radical (unpaired) electrons. The summed E-state index contributed by atoms with van der Waals surface area (Å²) in [5, 5.41) is 5.67. The summed E-state index contributed by atoms with van der Waals surface area (Å²) in [5.41, 5.74) is 1.19. The zero-order chi connectivity index (χ0) is 18.7. The zero-order valence-corrected chi connectivity index (χ0v) is 15.2. The van der Waals surface area contributed by atoms with Crippen molar-refractivity contribution in [2.45, 2.75) is 13.1 Å². The van der Waals surface area contributed by atoms with Gasteiger partial charge in [-0.05, 0) is 36.8 Å². The Morgan fingerprint density at radius 2 is 1.77 bits per heavy atom. The molecule has 3 rings (SSSR count). The average Bonchev–Trinajstić information content (AvgIpc) is 2.56. The molecule has 2 aromatic carbocycles. The number of aryl methyl sites for hydroxylation is 1. The van der Waals surface area contributed by atoms with Crippen LogP contribution in [0.1, 0.15) is 11.1 Å². The molecule has 4 nitrogen and oxygen atoms in total. The molecule has 0 saturated heterocycles. The lowest BCUT2D eigenvalue weighted by atomic mass is 10.2. The summed E-state index contributed by atoms with van der Waals surface area (Å²) >= 11 is 3.29. The third-order valence-corrected chi connectivity index (χ3v) is 4.07. The second-order valence-corrected chi connectivity index (χ2v) is 6.44. The molecule has 1 heterocycles. The van der Waals surface area contributed by atoms with Crippen LogP contribution in [-0.2, 0) is 6.18 Å². The molecule has 0 saturated carbocycles. The highest BCUT2D eigenvalue weighted by molar-refractivity contribution is 9.10. The van der Waals surface area contributed by atoms with Crippen molar-refractivity contribution in [1.82, 2.24) is 9.97 Å². The summed E-state index contributed by atoms with van der Waals surface area (Å²) in [4.78, 5) is 7.84. The number of nitrogens with one attached hydrogen (secondary N) is 2. The molecule has 0 spiro atoms. The zero-order valence-electron chi connectivity index (χ0n) is 13.6. The first kappa shape index (κ1) is 18.2. The number of aromatic nitrogens is 2. The minimum absolute atomic E-state index is 0.0739. The maximum Gasteiger partial charge on any atom is 0.421 e. The second kappa shape index (κ2) is 7.33. The molecular weight excluding hydrogens is 409 g/mol. The van der Waals surface area contributed by atoms with E-state index < -0.39 is 11.7 Å². The van der Waals surface area contributed by atoms with Crippen molar-refractivity contribution in [1.29, 1.82) is 0 Å². The Labute approximate surface area is 156 Å². The number of para-hydroxylation sites is 1. The van der Waals surface area contributed by atoms with Crippen LogP contribution in [0.5, 0.6) is 0 Å². The number of anilines is 4. The molecule has 0 unspecified atom stereocenters. The molecule has 1 aromatic heterocycles. The van der Waals surface area contributed by atoms with Gasteiger partial charge in [-0.3, -0.25) is 0 Å². The Bertz CT molecular complexity index is 928. The highest BCUT2D eigenvalue weighted by Gasteiger charge is 2.35. The van der Waals surface area contributed by atoms with Crippen LogP contribution in [0.15, 0.2) is 59.2 Å². The molecule has 0 aliphatic rings. The van der Waals surface area contributed by atoms with Crippen LogP contribution in [-0.4, -0.2) is 9.97 Å². The van der Waals surface area contributed by atoms with Gasteiger partial charge in [0.15, 0.2) is 0 Å². The van der Waals surface area contributed by atoms with E-state index in [0.29, 0.717) is 5.69 Å². The van der Waals surface area contributed by atoms with Crippen molar-refractivity contribution in [2.75, 3.05) is 10.6 Å². The van der Waals surface area contributed by atoms with Crippen molar-refractivity contribution < 1.29 is 13.2 Å². The van der Waals surface area contributed by atoms with E-state index >= 15 is 0 Å². The quantitative estimate of drug-likeness (QED) is 0.536. The molecular formula is C18H14BrF3N4. The fraction of sp³-hybridized carbons (Fsp3) is 0.111. The molecule has 0 amide bonds. The molecule has 8 heteroatoms. The van der Waals surface area contributed by atoms with Gasteiger partial charge in [0, 0.05) is 22.0 Å². The van der Waals surface area contributed by atoms with Crippen LogP contribution in [0.4, 0.5) is 36.3 Å². The van der Waals surface area contributed by atoms with E-state index in [1.807, 2.05) is 25.1 Å². The van der Waals surface area contributed by atoms with Gasteiger partial charge in [0.2, 0.25) is 5.95 Å². The van der Waals surface area contributed by atoms with Gasteiger partial charge in [0.25, 0.3) is 0 Å². The number of rotatable bonds is 4. The minimum atomic E-state index is -4.57. The Hall–Kier alpha value is -2.61. The maximum absolute atomic E-state index is 13.3. The summed E-state index contributed by atoms with van der Waals surface area (Å²) in [6.07, 6.45) is -3.80. The first-order valence-electron chi connectivity index (χ1n) is 7.62. The van der Waals surface area contributed by atoms with Crippen LogP contribution in [0.25, 0.3) is 0 Å². The fourth-order valence-corrected chi connectivity index (χ4v) is 2.68. The molecule has 26 heavy (non-hydrogen) atoms. The number of halogens is 4. The number of hydrogen-bond acceptors (Lipinski definition) is 4. The normalized spacial score (nSPS) is 11.3. The monoisotopic (exact) mass is 422 g/mol. The Balaban J connectivity index is 1.98. The number of alkyl halides is 3. The van der Waals surface area contributed by atoms with Crippen molar-refractivity contribution >= 4 is 39.1 Å². The highest BCUT2D eigenvalue weighted by Crippen LogP contribution is 2.35. The summed E-state index contributed by atoms with van der Waals surface area (Å²) in [6, 6.07) is 14.2. The van der Waals surface area contributed by atoms with Crippen molar-refractivity contribution in [3.05, 3.63) is 70.3 Å². The van der Waals surface area contributed by atoms with E-state index in [1.165, 1.54) is 0 Å². The van der Waals surface area contributed by atoms with E-state index in [4.69, 9.17) is 0 Å². The molecule has 0 atom stereocenters. The number of benzene rings is 2. The largest absolute Gasteiger partial charge is 0.421 e. The van der Waals surface area contributed by atoms with Gasteiger partial charge in [-0.15, -0.1) is 0 Å². The van der Waals surface area contributed by atoms with E-state index in [2.05, 4.69) is 36.5 Å². The van der Waals surface area contributed by atoms with Crippen LogP contribution >= 0.6 is 15.9 Å². The first-order valence-corrected chi connectivity index (χ1v) is 8.42. The van der Waals surface area contributed by atoms with Gasteiger partial charge in [0.05, 0.1) is 0 Å². The topological polar surface area (TPSA) is 49.8 Å². The lowest BCUT2D eigenvalue weighted by Crippen LogP contribution is -2.12. The van der Waals surface area contributed by atoms with Gasteiger partial charge in [-0.25, -0.2) is 4.98 Å². The maximum atomic E-state index is 13.3. The number of nitrogens with zero attached hydrogens (tertiary/aromatic N) is 2. The smallest absolute Gasteiger partial charge is 0.340 e. The van der Waals surface area contributed by atoms with Crippen molar-refractivity contribution in [3.8, 4) is 0 Å². The predicted octanol–water partition coefficient (Wildman–Crippen LogP) is 6.05. The van der Waals surface area contributed by atoms with Crippen LogP contribution < -0.4 is 10.6 Å². The molecule has 0 aliphatic carbocycles. The van der Waals surface area contributed by atoms with Gasteiger partial charge >= 0.3 is 6.18 Å². The lowest BCUT2D eigenvalue weighted by Gasteiger charge is -2.15. The van der Waals surface area contributed by atoms with Crippen LogP contribution in [0.3, 0.4) is 0 Å². The molecule has 0 bridgehead atoms. The molecule has 3 aromatic rings. The first-order chi connectivity index (χ1) is 12.3. The molecule has 2 N–H and O–H groups in total. The van der Waals surface area contributed by atoms with E-state index in [1.54, 1.807) is 30.3 Å². The van der Waals surface area contributed by atoms with Gasteiger partial charge in [-0.1, -0.05) is 40.2 Å². The van der Waals surface area contributed by atoms with Gasteiger partial charge < -0.3 is 10.6 Å². The van der Waals surface area contributed by atoms with Gasteiger partial charge in [0.1, 0.15) is 11.4 Å². The number of hydrogen-bond donors (Lipinski definition) is 2. The highest BCUT2D eigenvalue weighted by atomic mass is 79.9.